The van der Waals surface area contributed by atoms with Gasteiger partial charge in [0.25, 0.3) is 0 Å². The second-order valence-electron chi connectivity index (χ2n) is 5.72. The van der Waals surface area contributed by atoms with E-state index in [0.29, 0.717) is 11.8 Å². The fourth-order valence-electron chi connectivity index (χ4n) is 2.34. The Hall–Kier alpha value is -1.87. The normalized spacial score (nSPS) is 11.0. The van der Waals surface area contributed by atoms with Gasteiger partial charge in [-0.3, -0.25) is 0 Å². The Balaban J connectivity index is 2.29. The third-order valence-electron chi connectivity index (χ3n) is 3.55. The number of benzene rings is 1. The van der Waals surface area contributed by atoms with Crippen molar-refractivity contribution in [1.82, 2.24) is 10.3 Å². The molecular weight excluding hydrogens is 260 g/mol. The number of hydrogen-bond acceptors (Lipinski definition) is 3. The quantitative estimate of drug-likeness (QED) is 0.887. The van der Waals surface area contributed by atoms with Gasteiger partial charge in [0.2, 0.25) is 5.88 Å². The second-order valence-corrected chi connectivity index (χ2v) is 5.72. The lowest BCUT2D eigenvalue weighted by molar-refractivity contribution is 0.452. The van der Waals surface area contributed by atoms with Crippen LogP contribution in [-0.2, 0) is 6.54 Å². The summed E-state index contributed by atoms with van der Waals surface area (Å²) in [5, 5.41) is 3.17. The van der Waals surface area contributed by atoms with Crippen molar-refractivity contribution in [3.05, 3.63) is 52.7 Å². The van der Waals surface area contributed by atoms with E-state index in [0.717, 1.165) is 23.6 Å². The molecule has 3 heteroatoms. The van der Waals surface area contributed by atoms with Crippen LogP contribution in [0.1, 0.15) is 42.1 Å². The average molecular weight is 284 g/mol. The molecule has 3 nitrogen and oxygen atoms in total. The molecular formula is C18H24N2O. The van der Waals surface area contributed by atoms with Gasteiger partial charge in [-0.2, -0.15) is 0 Å². The first-order valence-corrected chi connectivity index (χ1v) is 7.40. The Kier molecular flexibility index (Phi) is 4.97. The molecule has 2 aromatic rings. The molecule has 1 aromatic heterocycles. The maximum absolute atomic E-state index is 6.01. The predicted octanol–water partition coefficient (Wildman–Crippen LogP) is 4.33. The van der Waals surface area contributed by atoms with Crippen LogP contribution in [0.2, 0.25) is 0 Å². The zero-order valence-electron chi connectivity index (χ0n) is 13.5. The van der Waals surface area contributed by atoms with Gasteiger partial charge in [0.1, 0.15) is 5.75 Å². The zero-order valence-corrected chi connectivity index (χ0v) is 13.5. The molecule has 0 aliphatic carbocycles. The molecule has 1 aromatic carbocycles. The van der Waals surface area contributed by atoms with E-state index in [2.05, 4.69) is 49.3 Å². The largest absolute Gasteiger partial charge is 0.439 e. The van der Waals surface area contributed by atoms with Crippen molar-refractivity contribution < 1.29 is 4.74 Å². The van der Waals surface area contributed by atoms with Gasteiger partial charge in [-0.05, 0) is 56.1 Å². The van der Waals surface area contributed by atoms with Gasteiger partial charge in [-0.25, -0.2) is 4.98 Å². The van der Waals surface area contributed by atoms with E-state index in [1.807, 2.05) is 26.1 Å². The molecule has 0 bridgehead atoms. The summed E-state index contributed by atoms with van der Waals surface area (Å²) >= 11 is 0. The molecule has 0 atom stereocenters. The Morgan fingerprint density at radius 2 is 1.81 bits per heavy atom. The summed E-state index contributed by atoms with van der Waals surface area (Å²) in [6.07, 6.45) is 0. The minimum absolute atomic E-state index is 0.526. The van der Waals surface area contributed by atoms with E-state index in [9.17, 15) is 0 Å². The topological polar surface area (TPSA) is 34.2 Å². The van der Waals surface area contributed by atoms with Crippen LogP contribution in [0.4, 0.5) is 0 Å². The van der Waals surface area contributed by atoms with E-state index in [1.165, 1.54) is 11.1 Å². The monoisotopic (exact) mass is 284 g/mol. The highest BCUT2D eigenvalue weighted by Crippen LogP contribution is 2.27. The number of nitrogens with one attached hydrogen (secondary N) is 1. The fraction of sp³-hybridized carbons (Fsp3) is 0.389. The number of nitrogens with zero attached hydrogens (tertiary/aromatic N) is 1. The number of hydrogen-bond donors (Lipinski definition) is 1. The van der Waals surface area contributed by atoms with Crippen molar-refractivity contribution in [3.8, 4) is 11.6 Å². The zero-order chi connectivity index (χ0) is 15.4. The molecule has 0 aliphatic heterocycles. The maximum atomic E-state index is 6.01. The summed E-state index contributed by atoms with van der Waals surface area (Å²) in [6.45, 7) is 9.21. The van der Waals surface area contributed by atoms with E-state index in [-0.39, 0.29) is 0 Å². The Morgan fingerprint density at radius 3 is 2.38 bits per heavy atom. The summed E-state index contributed by atoms with van der Waals surface area (Å²) in [7, 11) is 1.93. The number of pyridine rings is 1. The summed E-state index contributed by atoms with van der Waals surface area (Å²) in [6, 6.07) is 10.3. The standard InChI is InChI=1S/C18H24N2O/c1-12(2)15-6-8-16(9-7-15)21-18-17(11-19-5)13(3)10-14(4)20-18/h6-10,12,19H,11H2,1-5H3. The minimum Gasteiger partial charge on any atom is -0.439 e. The molecule has 0 saturated carbocycles. The van der Waals surface area contributed by atoms with E-state index in [1.54, 1.807) is 0 Å². The summed E-state index contributed by atoms with van der Waals surface area (Å²) in [4.78, 5) is 4.54. The number of aryl methyl sites for hydroxylation is 2. The Bertz CT molecular complexity index is 603. The smallest absolute Gasteiger partial charge is 0.224 e. The highest BCUT2D eigenvalue weighted by Gasteiger charge is 2.11. The first-order chi connectivity index (χ1) is 10.0. The van der Waals surface area contributed by atoms with Crippen molar-refractivity contribution in [1.29, 1.82) is 0 Å². The highest BCUT2D eigenvalue weighted by atomic mass is 16.5. The molecule has 0 aliphatic rings. The van der Waals surface area contributed by atoms with Crippen LogP contribution in [0.5, 0.6) is 11.6 Å². The summed E-state index contributed by atoms with van der Waals surface area (Å²) in [5.41, 5.74) is 4.59. The fourth-order valence-corrected chi connectivity index (χ4v) is 2.34. The van der Waals surface area contributed by atoms with Crippen LogP contribution in [0, 0.1) is 13.8 Å². The number of aromatic nitrogens is 1. The van der Waals surface area contributed by atoms with E-state index in [4.69, 9.17) is 4.74 Å². The lowest BCUT2D eigenvalue weighted by Crippen LogP contribution is -2.09. The van der Waals surface area contributed by atoms with Crippen LogP contribution >= 0.6 is 0 Å². The lowest BCUT2D eigenvalue weighted by atomic mass is 10.0. The molecule has 1 N–H and O–H groups in total. The molecule has 2 rings (SSSR count). The van der Waals surface area contributed by atoms with Gasteiger partial charge < -0.3 is 10.1 Å². The van der Waals surface area contributed by atoms with E-state index >= 15 is 0 Å². The van der Waals surface area contributed by atoms with Crippen molar-refractivity contribution >= 4 is 0 Å². The van der Waals surface area contributed by atoms with Crippen molar-refractivity contribution in [2.24, 2.45) is 0 Å². The molecule has 0 spiro atoms. The molecule has 0 saturated heterocycles. The van der Waals surface area contributed by atoms with Gasteiger partial charge in [-0.1, -0.05) is 26.0 Å². The first kappa shape index (κ1) is 15.5. The second kappa shape index (κ2) is 6.72. The molecule has 112 valence electrons. The molecule has 0 fully saturated rings. The third kappa shape index (κ3) is 3.82. The summed E-state index contributed by atoms with van der Waals surface area (Å²) < 4.78 is 6.01. The summed E-state index contributed by atoms with van der Waals surface area (Å²) in [5.74, 6) is 2.05. The predicted molar refractivity (Wildman–Crippen MR) is 87.1 cm³/mol. The SMILES string of the molecule is CNCc1c(C)cc(C)nc1Oc1ccc(C(C)C)cc1. The number of ether oxygens (including phenoxy) is 1. The first-order valence-electron chi connectivity index (χ1n) is 7.40. The maximum Gasteiger partial charge on any atom is 0.224 e. The number of rotatable bonds is 5. The van der Waals surface area contributed by atoms with Crippen LogP contribution in [0.3, 0.4) is 0 Å². The molecule has 0 amide bonds. The molecule has 0 radical (unpaired) electrons. The minimum atomic E-state index is 0.526. The van der Waals surface area contributed by atoms with Gasteiger partial charge in [-0.15, -0.1) is 0 Å². The van der Waals surface area contributed by atoms with E-state index < -0.39 is 0 Å². The van der Waals surface area contributed by atoms with Gasteiger partial charge in [0.15, 0.2) is 0 Å². The van der Waals surface area contributed by atoms with Crippen LogP contribution in [0.15, 0.2) is 30.3 Å². The van der Waals surface area contributed by atoms with Gasteiger partial charge >= 0.3 is 0 Å². The third-order valence-corrected chi connectivity index (χ3v) is 3.55. The Morgan fingerprint density at radius 1 is 1.14 bits per heavy atom. The van der Waals surface area contributed by atoms with Crippen LogP contribution < -0.4 is 10.1 Å². The van der Waals surface area contributed by atoms with Crippen molar-refractivity contribution in [2.75, 3.05) is 7.05 Å². The van der Waals surface area contributed by atoms with Crippen LogP contribution in [0.25, 0.3) is 0 Å². The van der Waals surface area contributed by atoms with Crippen LogP contribution in [-0.4, -0.2) is 12.0 Å². The highest BCUT2D eigenvalue weighted by molar-refractivity contribution is 5.39. The average Bonchev–Trinajstić information content (AvgIpc) is 2.43. The molecule has 1 heterocycles. The van der Waals surface area contributed by atoms with Gasteiger partial charge in [0.05, 0.1) is 0 Å². The molecule has 0 unspecified atom stereocenters. The van der Waals surface area contributed by atoms with Crippen molar-refractivity contribution in [2.45, 2.75) is 40.2 Å². The van der Waals surface area contributed by atoms with Gasteiger partial charge in [0, 0.05) is 17.8 Å². The molecule has 21 heavy (non-hydrogen) atoms. The lowest BCUT2D eigenvalue weighted by Gasteiger charge is -2.14. The van der Waals surface area contributed by atoms with Crippen molar-refractivity contribution in [3.63, 3.8) is 0 Å². The Labute approximate surface area is 127 Å².